The monoisotopic (exact) mass is 168 g/mol. The van der Waals surface area contributed by atoms with E-state index < -0.39 is 0 Å². The fraction of sp³-hybridized carbons (Fsp3) is 0.833. The maximum Gasteiger partial charge on any atom is -0.0296 e. The zero-order valence-electron chi connectivity index (χ0n) is 9.57. The lowest BCUT2D eigenvalue weighted by molar-refractivity contribution is 0.290. The van der Waals surface area contributed by atoms with Crippen LogP contribution in [0.3, 0.4) is 0 Å². The van der Waals surface area contributed by atoms with Gasteiger partial charge in [0.2, 0.25) is 0 Å². The molecular formula is C12H24. The van der Waals surface area contributed by atoms with Gasteiger partial charge in [0, 0.05) is 0 Å². The summed E-state index contributed by atoms with van der Waals surface area (Å²) >= 11 is 0. The van der Waals surface area contributed by atoms with Gasteiger partial charge in [0.1, 0.15) is 0 Å². The smallest absolute Gasteiger partial charge is 0.0296 e. The van der Waals surface area contributed by atoms with Crippen LogP contribution < -0.4 is 0 Å². The Bertz CT molecular complexity index is 145. The van der Waals surface area contributed by atoms with Crippen molar-refractivity contribution in [2.45, 2.75) is 54.4 Å². The fourth-order valence-electron chi connectivity index (χ4n) is 1.67. The second-order valence-electron chi connectivity index (χ2n) is 5.25. The minimum absolute atomic E-state index is 0.478. The SMILES string of the molecule is CC(C)=CCC(C)(C)CC(C)C. The highest BCUT2D eigenvalue weighted by Gasteiger charge is 2.17. The Balaban J connectivity index is 3.95. The third kappa shape index (κ3) is 6.45. The molecule has 0 amide bonds. The number of rotatable bonds is 4. The third-order valence-corrected chi connectivity index (χ3v) is 2.02. The molecule has 0 heterocycles. The van der Waals surface area contributed by atoms with Crippen molar-refractivity contribution in [2.75, 3.05) is 0 Å². The highest BCUT2D eigenvalue weighted by molar-refractivity contribution is 4.95. The Morgan fingerprint density at radius 1 is 1.25 bits per heavy atom. The zero-order valence-corrected chi connectivity index (χ0v) is 9.57. The summed E-state index contributed by atoms with van der Waals surface area (Å²) in [7, 11) is 0. The summed E-state index contributed by atoms with van der Waals surface area (Å²) in [5.41, 5.74) is 1.91. The summed E-state index contributed by atoms with van der Waals surface area (Å²) in [6, 6.07) is 0. The Hall–Kier alpha value is -0.260. The molecule has 0 fully saturated rings. The molecule has 0 atom stereocenters. The van der Waals surface area contributed by atoms with E-state index in [-0.39, 0.29) is 0 Å². The Morgan fingerprint density at radius 3 is 2.08 bits per heavy atom. The molecule has 0 aliphatic carbocycles. The average molecular weight is 168 g/mol. The van der Waals surface area contributed by atoms with E-state index in [0.717, 1.165) is 5.92 Å². The van der Waals surface area contributed by atoms with Crippen LogP contribution >= 0.6 is 0 Å². The first-order chi connectivity index (χ1) is 5.33. The van der Waals surface area contributed by atoms with Crippen LogP contribution in [0.1, 0.15) is 54.4 Å². The maximum absolute atomic E-state index is 2.35. The summed E-state index contributed by atoms with van der Waals surface area (Å²) in [6.07, 6.45) is 4.88. The molecule has 0 spiro atoms. The molecular weight excluding hydrogens is 144 g/mol. The second-order valence-corrected chi connectivity index (χ2v) is 5.25. The summed E-state index contributed by atoms with van der Waals surface area (Å²) in [6.45, 7) is 13.6. The van der Waals surface area contributed by atoms with Gasteiger partial charge in [-0.1, -0.05) is 39.3 Å². The van der Waals surface area contributed by atoms with E-state index in [1.807, 2.05) is 0 Å². The highest BCUT2D eigenvalue weighted by Crippen LogP contribution is 2.29. The highest BCUT2D eigenvalue weighted by atomic mass is 14.2. The van der Waals surface area contributed by atoms with Gasteiger partial charge in [-0.3, -0.25) is 0 Å². The van der Waals surface area contributed by atoms with Gasteiger partial charge in [-0.2, -0.15) is 0 Å². The van der Waals surface area contributed by atoms with Crippen LogP contribution in [0.2, 0.25) is 0 Å². The van der Waals surface area contributed by atoms with Crippen LogP contribution in [0.4, 0.5) is 0 Å². The summed E-state index contributed by atoms with van der Waals surface area (Å²) in [5.74, 6) is 0.811. The molecule has 0 aromatic carbocycles. The second kappa shape index (κ2) is 4.69. The van der Waals surface area contributed by atoms with Crippen molar-refractivity contribution in [3.63, 3.8) is 0 Å². The number of allylic oxidation sites excluding steroid dienone is 2. The molecule has 0 N–H and O–H groups in total. The van der Waals surface area contributed by atoms with Crippen molar-refractivity contribution in [3.05, 3.63) is 11.6 Å². The fourth-order valence-corrected chi connectivity index (χ4v) is 1.67. The minimum Gasteiger partial charge on any atom is -0.0854 e. The van der Waals surface area contributed by atoms with E-state index in [2.05, 4.69) is 47.6 Å². The van der Waals surface area contributed by atoms with E-state index in [1.165, 1.54) is 18.4 Å². The molecule has 0 saturated carbocycles. The van der Waals surface area contributed by atoms with Gasteiger partial charge in [-0.05, 0) is 38.0 Å². The number of hydrogen-bond donors (Lipinski definition) is 0. The van der Waals surface area contributed by atoms with E-state index in [1.54, 1.807) is 0 Å². The minimum atomic E-state index is 0.478. The van der Waals surface area contributed by atoms with E-state index in [4.69, 9.17) is 0 Å². The Kier molecular flexibility index (Phi) is 4.59. The first-order valence-electron chi connectivity index (χ1n) is 4.97. The molecule has 0 aromatic rings. The molecule has 72 valence electrons. The average Bonchev–Trinajstić information content (AvgIpc) is 1.81. The molecule has 0 aromatic heterocycles. The van der Waals surface area contributed by atoms with Crippen molar-refractivity contribution < 1.29 is 0 Å². The molecule has 0 unspecified atom stereocenters. The quantitative estimate of drug-likeness (QED) is 0.545. The number of hydrogen-bond acceptors (Lipinski definition) is 0. The van der Waals surface area contributed by atoms with Crippen LogP contribution in [0.15, 0.2) is 11.6 Å². The van der Waals surface area contributed by atoms with Crippen LogP contribution in [-0.2, 0) is 0 Å². The normalized spacial score (nSPS) is 11.9. The molecule has 12 heavy (non-hydrogen) atoms. The van der Waals surface area contributed by atoms with Gasteiger partial charge >= 0.3 is 0 Å². The molecule has 0 rings (SSSR count). The van der Waals surface area contributed by atoms with E-state index in [0.29, 0.717) is 5.41 Å². The van der Waals surface area contributed by atoms with Crippen molar-refractivity contribution in [2.24, 2.45) is 11.3 Å². The van der Waals surface area contributed by atoms with Crippen molar-refractivity contribution in [1.82, 2.24) is 0 Å². The maximum atomic E-state index is 2.35. The van der Waals surface area contributed by atoms with E-state index in [9.17, 15) is 0 Å². The molecule has 0 radical (unpaired) electrons. The van der Waals surface area contributed by atoms with Gasteiger partial charge < -0.3 is 0 Å². The molecule has 0 nitrogen and oxygen atoms in total. The largest absolute Gasteiger partial charge is 0.0854 e. The summed E-state index contributed by atoms with van der Waals surface area (Å²) in [5, 5.41) is 0. The lowest BCUT2D eigenvalue weighted by atomic mass is 9.81. The topological polar surface area (TPSA) is 0 Å². The van der Waals surface area contributed by atoms with Gasteiger partial charge in [0.15, 0.2) is 0 Å². The van der Waals surface area contributed by atoms with Crippen LogP contribution in [0, 0.1) is 11.3 Å². The lowest BCUT2D eigenvalue weighted by Gasteiger charge is -2.25. The molecule has 0 bridgehead atoms. The molecule has 0 heteroatoms. The summed E-state index contributed by atoms with van der Waals surface area (Å²) in [4.78, 5) is 0. The third-order valence-electron chi connectivity index (χ3n) is 2.02. The van der Waals surface area contributed by atoms with Gasteiger partial charge in [0.25, 0.3) is 0 Å². The zero-order chi connectivity index (χ0) is 9.78. The van der Waals surface area contributed by atoms with E-state index >= 15 is 0 Å². The standard InChI is InChI=1S/C12H24/c1-10(2)7-8-12(5,6)9-11(3)4/h7,11H,8-9H2,1-6H3. The predicted molar refractivity (Wildman–Crippen MR) is 57.3 cm³/mol. The van der Waals surface area contributed by atoms with Gasteiger partial charge in [-0.15, -0.1) is 0 Å². The first-order valence-corrected chi connectivity index (χ1v) is 4.97. The van der Waals surface area contributed by atoms with Gasteiger partial charge in [0.05, 0.1) is 0 Å². The molecule has 0 aliphatic rings. The Morgan fingerprint density at radius 2 is 1.75 bits per heavy atom. The first kappa shape index (κ1) is 11.7. The van der Waals surface area contributed by atoms with Gasteiger partial charge in [-0.25, -0.2) is 0 Å². The lowest BCUT2D eigenvalue weighted by Crippen LogP contribution is -2.13. The van der Waals surface area contributed by atoms with Crippen LogP contribution in [0.25, 0.3) is 0 Å². The van der Waals surface area contributed by atoms with Crippen molar-refractivity contribution in [1.29, 1.82) is 0 Å². The van der Waals surface area contributed by atoms with Crippen molar-refractivity contribution in [3.8, 4) is 0 Å². The van der Waals surface area contributed by atoms with Crippen LogP contribution in [0.5, 0.6) is 0 Å². The molecule has 0 aliphatic heterocycles. The van der Waals surface area contributed by atoms with Crippen molar-refractivity contribution >= 4 is 0 Å². The Labute approximate surface area is 78.1 Å². The summed E-state index contributed by atoms with van der Waals surface area (Å²) < 4.78 is 0. The molecule has 0 saturated heterocycles. The predicted octanol–water partition coefficient (Wildman–Crippen LogP) is 4.42. The van der Waals surface area contributed by atoms with Crippen LogP contribution in [-0.4, -0.2) is 0 Å².